The van der Waals surface area contributed by atoms with Gasteiger partial charge in [0.05, 0.1) is 0 Å². The van der Waals surface area contributed by atoms with E-state index in [1.54, 1.807) is 0 Å². The average Bonchev–Trinajstić information content (AvgIpc) is 2.85. The maximum absolute atomic E-state index is 12.2. The fraction of sp³-hybridized carbons (Fsp3) is 0.235. The van der Waals surface area contributed by atoms with E-state index in [1.807, 2.05) is 43.3 Å². The first kappa shape index (κ1) is 13.6. The number of carbonyl (C=O) groups is 1. The fourth-order valence-electron chi connectivity index (χ4n) is 2.53. The molecule has 0 bridgehead atoms. The molecule has 1 amide bonds. The normalized spacial score (nSPS) is 11.1. The molecular formula is C17H17NO3. The molecule has 3 rings (SSSR count). The summed E-state index contributed by atoms with van der Waals surface area (Å²) in [6.45, 7) is 2.39. The molecule has 4 nitrogen and oxygen atoms in total. The van der Waals surface area contributed by atoms with Crippen molar-refractivity contribution in [2.75, 3.05) is 13.2 Å². The molecule has 0 fully saturated rings. The standard InChI is InChI=1S/C17H17NO3/c1-11-13-8-7-12-5-2-3-6-14(12)16(13)21-15(11)17(20)18-9-4-10-19/h2-3,5-8,19H,4,9-10H2,1H3,(H,18,20). The van der Waals surface area contributed by atoms with Crippen LogP contribution in [-0.2, 0) is 0 Å². The van der Waals surface area contributed by atoms with Gasteiger partial charge in [-0.25, -0.2) is 0 Å². The molecule has 0 aliphatic heterocycles. The van der Waals surface area contributed by atoms with Gasteiger partial charge in [-0.05, 0) is 18.7 Å². The number of nitrogens with one attached hydrogen (secondary N) is 1. The summed E-state index contributed by atoms with van der Waals surface area (Å²) in [6, 6.07) is 12.0. The predicted molar refractivity (Wildman–Crippen MR) is 82.5 cm³/mol. The molecule has 0 saturated carbocycles. The van der Waals surface area contributed by atoms with Crippen LogP contribution in [-0.4, -0.2) is 24.2 Å². The number of hydrogen-bond acceptors (Lipinski definition) is 3. The van der Waals surface area contributed by atoms with Gasteiger partial charge in [0.2, 0.25) is 0 Å². The van der Waals surface area contributed by atoms with Crippen LogP contribution in [0.2, 0.25) is 0 Å². The molecule has 0 aliphatic carbocycles. The SMILES string of the molecule is Cc1c(C(=O)NCCCO)oc2c1ccc1ccccc12. The highest BCUT2D eigenvalue weighted by atomic mass is 16.3. The van der Waals surface area contributed by atoms with Crippen LogP contribution in [0.15, 0.2) is 40.8 Å². The Morgan fingerprint density at radius 1 is 1.19 bits per heavy atom. The molecule has 108 valence electrons. The Morgan fingerprint density at radius 3 is 2.81 bits per heavy atom. The molecule has 0 spiro atoms. The Hall–Kier alpha value is -2.33. The van der Waals surface area contributed by atoms with Gasteiger partial charge in [0, 0.05) is 29.5 Å². The molecule has 0 unspecified atom stereocenters. The van der Waals surface area contributed by atoms with E-state index in [1.165, 1.54) is 0 Å². The van der Waals surface area contributed by atoms with Crippen LogP contribution in [0, 0.1) is 6.92 Å². The first-order chi connectivity index (χ1) is 10.2. The quantitative estimate of drug-likeness (QED) is 0.723. The van der Waals surface area contributed by atoms with Crippen molar-refractivity contribution in [1.29, 1.82) is 0 Å². The molecule has 0 saturated heterocycles. The van der Waals surface area contributed by atoms with Crippen LogP contribution in [0.25, 0.3) is 21.7 Å². The molecule has 0 atom stereocenters. The van der Waals surface area contributed by atoms with Crippen LogP contribution in [0.3, 0.4) is 0 Å². The number of hydrogen-bond donors (Lipinski definition) is 2. The lowest BCUT2D eigenvalue weighted by Crippen LogP contribution is -2.25. The summed E-state index contributed by atoms with van der Waals surface area (Å²) < 4.78 is 5.83. The number of amides is 1. The molecule has 0 aliphatic rings. The van der Waals surface area contributed by atoms with Gasteiger partial charge < -0.3 is 14.8 Å². The van der Waals surface area contributed by atoms with Crippen molar-refractivity contribution in [3.63, 3.8) is 0 Å². The van der Waals surface area contributed by atoms with E-state index in [9.17, 15) is 4.79 Å². The maximum atomic E-state index is 12.2. The minimum atomic E-state index is -0.235. The largest absolute Gasteiger partial charge is 0.450 e. The zero-order chi connectivity index (χ0) is 14.8. The highest BCUT2D eigenvalue weighted by Gasteiger charge is 2.18. The molecule has 1 aromatic heterocycles. The molecule has 2 N–H and O–H groups in total. The smallest absolute Gasteiger partial charge is 0.287 e. The molecular weight excluding hydrogens is 266 g/mol. The van der Waals surface area contributed by atoms with Crippen molar-refractivity contribution in [2.24, 2.45) is 0 Å². The highest BCUT2D eigenvalue weighted by molar-refractivity contribution is 6.08. The van der Waals surface area contributed by atoms with Gasteiger partial charge in [-0.1, -0.05) is 36.4 Å². The van der Waals surface area contributed by atoms with Crippen molar-refractivity contribution in [1.82, 2.24) is 5.32 Å². The van der Waals surface area contributed by atoms with Crippen LogP contribution < -0.4 is 5.32 Å². The van der Waals surface area contributed by atoms with Crippen molar-refractivity contribution < 1.29 is 14.3 Å². The number of aryl methyl sites for hydroxylation is 1. The van der Waals surface area contributed by atoms with Crippen molar-refractivity contribution in [3.05, 3.63) is 47.7 Å². The monoisotopic (exact) mass is 283 g/mol. The van der Waals surface area contributed by atoms with Crippen LogP contribution >= 0.6 is 0 Å². The highest BCUT2D eigenvalue weighted by Crippen LogP contribution is 2.31. The molecule has 3 aromatic rings. The third-order valence-corrected chi connectivity index (χ3v) is 3.65. The molecule has 0 radical (unpaired) electrons. The Morgan fingerprint density at radius 2 is 2.00 bits per heavy atom. The second-order valence-electron chi connectivity index (χ2n) is 5.05. The van der Waals surface area contributed by atoms with E-state index in [0.717, 1.165) is 27.3 Å². The van der Waals surface area contributed by atoms with E-state index in [0.29, 0.717) is 18.7 Å². The van der Waals surface area contributed by atoms with E-state index in [4.69, 9.17) is 9.52 Å². The van der Waals surface area contributed by atoms with Crippen molar-refractivity contribution in [2.45, 2.75) is 13.3 Å². The zero-order valence-corrected chi connectivity index (χ0v) is 11.8. The van der Waals surface area contributed by atoms with Gasteiger partial charge in [0.1, 0.15) is 5.58 Å². The fourth-order valence-corrected chi connectivity index (χ4v) is 2.53. The van der Waals surface area contributed by atoms with Crippen molar-refractivity contribution in [3.8, 4) is 0 Å². The molecule has 4 heteroatoms. The molecule has 21 heavy (non-hydrogen) atoms. The second kappa shape index (κ2) is 5.58. The van der Waals surface area contributed by atoms with Gasteiger partial charge in [0.15, 0.2) is 5.76 Å². The first-order valence-corrected chi connectivity index (χ1v) is 7.02. The molecule has 2 aromatic carbocycles. The summed E-state index contributed by atoms with van der Waals surface area (Å²) in [5.41, 5.74) is 1.59. The summed E-state index contributed by atoms with van der Waals surface area (Å²) in [7, 11) is 0. The van der Waals surface area contributed by atoms with Crippen LogP contribution in [0.5, 0.6) is 0 Å². The first-order valence-electron chi connectivity index (χ1n) is 7.02. The van der Waals surface area contributed by atoms with Gasteiger partial charge in [-0.2, -0.15) is 0 Å². The topological polar surface area (TPSA) is 62.5 Å². The Balaban J connectivity index is 2.06. The third kappa shape index (κ3) is 2.38. The van der Waals surface area contributed by atoms with Crippen LogP contribution in [0.4, 0.5) is 0 Å². The lowest BCUT2D eigenvalue weighted by molar-refractivity contribution is 0.0925. The third-order valence-electron chi connectivity index (χ3n) is 3.65. The number of aliphatic hydroxyl groups excluding tert-OH is 1. The number of fused-ring (bicyclic) bond motifs is 3. The van der Waals surface area contributed by atoms with Gasteiger partial charge in [0.25, 0.3) is 5.91 Å². The van der Waals surface area contributed by atoms with E-state index >= 15 is 0 Å². The van der Waals surface area contributed by atoms with Crippen LogP contribution in [0.1, 0.15) is 22.5 Å². The van der Waals surface area contributed by atoms with E-state index in [2.05, 4.69) is 5.32 Å². The minimum absolute atomic E-state index is 0.0596. The summed E-state index contributed by atoms with van der Waals surface area (Å²) >= 11 is 0. The lowest BCUT2D eigenvalue weighted by Gasteiger charge is -2.01. The van der Waals surface area contributed by atoms with Gasteiger partial charge >= 0.3 is 0 Å². The van der Waals surface area contributed by atoms with E-state index < -0.39 is 0 Å². The number of furan rings is 1. The number of rotatable bonds is 4. The summed E-state index contributed by atoms with van der Waals surface area (Å²) in [5, 5.41) is 14.6. The number of aliphatic hydroxyl groups is 1. The minimum Gasteiger partial charge on any atom is -0.450 e. The Kier molecular flexibility index (Phi) is 3.62. The second-order valence-corrected chi connectivity index (χ2v) is 5.05. The van der Waals surface area contributed by atoms with Crippen molar-refractivity contribution >= 4 is 27.6 Å². The molecule has 1 heterocycles. The number of carbonyl (C=O) groups excluding carboxylic acids is 1. The van der Waals surface area contributed by atoms with Gasteiger partial charge in [-0.3, -0.25) is 4.79 Å². The maximum Gasteiger partial charge on any atom is 0.287 e. The summed E-state index contributed by atoms with van der Waals surface area (Å²) in [4.78, 5) is 12.2. The lowest BCUT2D eigenvalue weighted by atomic mass is 10.1. The predicted octanol–water partition coefficient (Wildman–Crippen LogP) is 3.01. The Bertz CT molecular complexity index is 804. The van der Waals surface area contributed by atoms with Gasteiger partial charge in [-0.15, -0.1) is 0 Å². The van der Waals surface area contributed by atoms with E-state index in [-0.39, 0.29) is 12.5 Å². The summed E-state index contributed by atoms with van der Waals surface area (Å²) in [5.74, 6) is 0.112. The zero-order valence-electron chi connectivity index (χ0n) is 11.8. The average molecular weight is 283 g/mol. The number of benzene rings is 2. The Labute approximate surface area is 122 Å². The summed E-state index contributed by atoms with van der Waals surface area (Å²) in [6.07, 6.45) is 0.536.